The molecule has 32 heavy (non-hydrogen) atoms. The van der Waals surface area contributed by atoms with Crippen LogP contribution in [0.1, 0.15) is 11.5 Å². The second-order valence-corrected chi connectivity index (χ2v) is 7.36. The first-order valence-corrected chi connectivity index (χ1v) is 10.1. The Balaban J connectivity index is 1.79. The van der Waals surface area contributed by atoms with Crippen molar-refractivity contribution in [3.05, 3.63) is 87.9 Å². The van der Waals surface area contributed by atoms with Gasteiger partial charge in [0.05, 0.1) is 11.9 Å². The fraction of sp³-hybridized carbons (Fsp3) is 0.0909. The lowest BCUT2D eigenvalue weighted by atomic mass is 10.2. The van der Waals surface area contributed by atoms with Gasteiger partial charge in [-0.2, -0.15) is 13.9 Å². The first-order valence-electron chi connectivity index (χ1n) is 9.25. The van der Waals surface area contributed by atoms with E-state index in [0.717, 1.165) is 12.1 Å². The Morgan fingerprint density at radius 3 is 2.50 bits per heavy atom. The summed E-state index contributed by atoms with van der Waals surface area (Å²) in [6.45, 7) is -1.13. The molecule has 0 fully saturated rings. The molecule has 0 N–H and O–H groups in total. The highest BCUT2D eigenvalue weighted by molar-refractivity contribution is 7.07. The molecular formula is C22H15F4N3O2S. The van der Waals surface area contributed by atoms with E-state index in [1.54, 1.807) is 36.6 Å². The molecule has 2 heterocycles. The molecule has 0 radical (unpaired) electrons. The molecule has 4 rings (SSSR count). The summed E-state index contributed by atoms with van der Waals surface area (Å²) < 4.78 is 63.5. The van der Waals surface area contributed by atoms with Gasteiger partial charge in [-0.05, 0) is 55.5 Å². The molecule has 0 saturated heterocycles. The van der Waals surface area contributed by atoms with Crippen molar-refractivity contribution >= 4 is 23.2 Å². The molecule has 0 spiro atoms. The average Bonchev–Trinajstić information content (AvgIpc) is 3.34. The van der Waals surface area contributed by atoms with Crippen molar-refractivity contribution in [2.24, 2.45) is 10.1 Å². The fourth-order valence-electron chi connectivity index (χ4n) is 2.81. The number of furan rings is 1. The van der Waals surface area contributed by atoms with Crippen LogP contribution in [0.2, 0.25) is 0 Å². The van der Waals surface area contributed by atoms with E-state index in [0.29, 0.717) is 27.6 Å². The van der Waals surface area contributed by atoms with Crippen LogP contribution in [0.3, 0.4) is 0 Å². The molecule has 0 amide bonds. The number of alkyl halides is 2. The third-order valence-corrected chi connectivity index (χ3v) is 5.06. The lowest BCUT2D eigenvalue weighted by molar-refractivity contribution is -0.0498. The largest absolute Gasteiger partial charge is 0.460 e. The highest BCUT2D eigenvalue weighted by Crippen LogP contribution is 2.25. The van der Waals surface area contributed by atoms with Crippen LogP contribution >= 0.6 is 11.3 Å². The van der Waals surface area contributed by atoms with E-state index in [1.165, 1.54) is 40.4 Å². The summed E-state index contributed by atoms with van der Waals surface area (Å²) in [5.41, 5.74) is 1.15. The van der Waals surface area contributed by atoms with Crippen molar-refractivity contribution in [1.29, 1.82) is 0 Å². The topological polar surface area (TPSA) is 52.0 Å². The fourth-order valence-corrected chi connectivity index (χ4v) is 3.66. The van der Waals surface area contributed by atoms with Crippen LogP contribution in [0.5, 0.6) is 5.75 Å². The van der Waals surface area contributed by atoms with Crippen molar-refractivity contribution in [3.63, 3.8) is 0 Å². The minimum atomic E-state index is -2.93. The zero-order chi connectivity index (χ0) is 22.7. The van der Waals surface area contributed by atoms with Crippen LogP contribution in [0.15, 0.2) is 74.5 Å². The number of ether oxygens (including phenoxy) is 1. The summed E-state index contributed by atoms with van der Waals surface area (Å²) in [6.07, 6.45) is 1.47. The molecule has 5 nitrogen and oxygen atoms in total. The van der Waals surface area contributed by atoms with Crippen molar-refractivity contribution in [2.75, 3.05) is 0 Å². The number of benzene rings is 2. The lowest BCUT2D eigenvalue weighted by Gasteiger charge is -2.06. The summed E-state index contributed by atoms with van der Waals surface area (Å²) in [5, 5.41) is 6.14. The Kier molecular flexibility index (Phi) is 6.22. The summed E-state index contributed by atoms with van der Waals surface area (Å²) >= 11 is 1.17. The maximum atomic E-state index is 14.1. The quantitative estimate of drug-likeness (QED) is 0.257. The van der Waals surface area contributed by atoms with Gasteiger partial charge in [-0.3, -0.25) is 0 Å². The highest BCUT2D eigenvalue weighted by atomic mass is 32.1. The van der Waals surface area contributed by atoms with E-state index in [-0.39, 0.29) is 11.4 Å². The van der Waals surface area contributed by atoms with Crippen molar-refractivity contribution in [2.45, 2.75) is 13.5 Å². The van der Waals surface area contributed by atoms with Crippen LogP contribution in [-0.4, -0.2) is 17.5 Å². The highest BCUT2D eigenvalue weighted by Gasteiger charge is 2.11. The van der Waals surface area contributed by atoms with Gasteiger partial charge >= 0.3 is 6.61 Å². The molecule has 0 unspecified atom stereocenters. The molecule has 0 atom stereocenters. The van der Waals surface area contributed by atoms with E-state index in [9.17, 15) is 17.6 Å². The van der Waals surface area contributed by atoms with E-state index < -0.39 is 18.2 Å². The van der Waals surface area contributed by atoms with Gasteiger partial charge in [-0.25, -0.2) is 18.4 Å². The summed E-state index contributed by atoms with van der Waals surface area (Å²) in [6, 6.07) is 12.6. The minimum Gasteiger partial charge on any atom is -0.460 e. The van der Waals surface area contributed by atoms with Crippen LogP contribution in [0.4, 0.5) is 23.2 Å². The monoisotopic (exact) mass is 461 g/mol. The summed E-state index contributed by atoms with van der Waals surface area (Å²) in [5.74, 6) is -0.316. The molecule has 2 aromatic carbocycles. The molecule has 10 heteroatoms. The number of aryl methyl sites for hydroxylation is 1. The Labute approximate surface area is 183 Å². The average molecular weight is 461 g/mol. The number of hydrogen-bond acceptors (Lipinski definition) is 5. The van der Waals surface area contributed by atoms with Crippen molar-refractivity contribution in [1.82, 2.24) is 4.68 Å². The second kappa shape index (κ2) is 9.23. The minimum absolute atomic E-state index is 0.0124. The first-order chi connectivity index (χ1) is 15.4. The number of halogens is 4. The number of nitrogens with zero attached hydrogens (tertiary/aromatic N) is 3. The van der Waals surface area contributed by atoms with Gasteiger partial charge in [0.15, 0.2) is 5.82 Å². The third-order valence-electron chi connectivity index (χ3n) is 4.25. The van der Waals surface area contributed by atoms with Gasteiger partial charge in [-0.15, -0.1) is 11.3 Å². The predicted molar refractivity (Wildman–Crippen MR) is 112 cm³/mol. The van der Waals surface area contributed by atoms with Crippen LogP contribution in [0.25, 0.3) is 11.3 Å². The molecule has 0 saturated carbocycles. The SMILES string of the molecule is Cc1ccc(C=Nn2c(-c3ccc(OC(F)F)cc3)csc2=Nc2ccc(F)cc2F)o1. The molecule has 2 aromatic heterocycles. The van der Waals surface area contributed by atoms with Gasteiger partial charge in [0.1, 0.15) is 28.8 Å². The van der Waals surface area contributed by atoms with E-state index in [4.69, 9.17) is 4.42 Å². The molecule has 0 aliphatic rings. The second-order valence-electron chi connectivity index (χ2n) is 6.52. The standard InChI is InChI=1S/C22H15F4N3O2S/c1-13-2-6-17(30-13)11-27-29-20(14-3-7-16(8-4-14)31-21(25)26)12-32-22(29)28-19-9-5-15(23)10-18(19)24/h2-12,21H,1H3. The Morgan fingerprint density at radius 2 is 1.84 bits per heavy atom. The number of thiazole rings is 1. The number of aromatic nitrogens is 1. The lowest BCUT2D eigenvalue weighted by Crippen LogP contribution is -2.11. The molecular weight excluding hydrogens is 446 g/mol. The first kappa shape index (κ1) is 21.6. The van der Waals surface area contributed by atoms with Crippen molar-refractivity contribution in [3.8, 4) is 17.0 Å². The van der Waals surface area contributed by atoms with Gasteiger partial charge in [0, 0.05) is 17.0 Å². The van der Waals surface area contributed by atoms with E-state index >= 15 is 0 Å². The Bertz CT molecular complexity index is 1320. The van der Waals surface area contributed by atoms with Gasteiger partial charge < -0.3 is 9.15 Å². The predicted octanol–water partition coefficient (Wildman–Crippen LogP) is 6.11. The summed E-state index contributed by atoms with van der Waals surface area (Å²) in [7, 11) is 0. The van der Waals surface area contributed by atoms with Gasteiger partial charge in [0.2, 0.25) is 4.80 Å². The van der Waals surface area contributed by atoms with Crippen LogP contribution in [-0.2, 0) is 0 Å². The molecule has 164 valence electrons. The summed E-state index contributed by atoms with van der Waals surface area (Å²) in [4.78, 5) is 4.58. The molecule has 0 aliphatic heterocycles. The number of hydrogen-bond donors (Lipinski definition) is 0. The smallest absolute Gasteiger partial charge is 0.387 e. The van der Waals surface area contributed by atoms with Crippen LogP contribution in [0, 0.1) is 18.6 Å². The van der Waals surface area contributed by atoms with Crippen LogP contribution < -0.4 is 9.54 Å². The maximum absolute atomic E-state index is 14.1. The maximum Gasteiger partial charge on any atom is 0.387 e. The third kappa shape index (κ3) is 4.97. The van der Waals surface area contributed by atoms with E-state index in [2.05, 4.69) is 14.8 Å². The zero-order valence-corrected chi connectivity index (χ0v) is 17.3. The molecule has 0 aliphatic carbocycles. The normalized spacial score (nSPS) is 12.2. The molecule has 4 aromatic rings. The van der Waals surface area contributed by atoms with Gasteiger partial charge in [0.25, 0.3) is 0 Å². The van der Waals surface area contributed by atoms with Crippen molar-refractivity contribution < 1.29 is 26.7 Å². The number of rotatable bonds is 6. The van der Waals surface area contributed by atoms with Gasteiger partial charge in [-0.1, -0.05) is 0 Å². The van der Waals surface area contributed by atoms with E-state index in [1.807, 2.05) is 0 Å². The Hall–Kier alpha value is -3.66. The zero-order valence-electron chi connectivity index (χ0n) is 16.5. The molecule has 0 bridgehead atoms. The Morgan fingerprint density at radius 1 is 1.06 bits per heavy atom.